The van der Waals surface area contributed by atoms with Crippen LogP contribution in [0.25, 0.3) is 0 Å². The number of hydrogen-bond donors (Lipinski definition) is 1. The Morgan fingerprint density at radius 2 is 2.04 bits per heavy atom. The molecule has 0 radical (unpaired) electrons. The molecule has 0 saturated carbocycles. The van der Waals surface area contributed by atoms with Gasteiger partial charge in [-0.25, -0.2) is 13.4 Å². The second kappa shape index (κ2) is 7.40. The molecule has 1 fully saturated rings. The lowest BCUT2D eigenvalue weighted by Crippen LogP contribution is -2.48. The van der Waals surface area contributed by atoms with Crippen molar-refractivity contribution < 1.29 is 13.2 Å². The predicted molar refractivity (Wildman–Crippen MR) is 98.4 cm³/mol. The number of carbonyl (C=O) groups is 1. The summed E-state index contributed by atoms with van der Waals surface area (Å²) in [5, 5.41) is 2.06. The van der Waals surface area contributed by atoms with Gasteiger partial charge in [-0.1, -0.05) is 13.0 Å². The normalized spacial score (nSPS) is 15.2. The zero-order valence-electron chi connectivity index (χ0n) is 13.9. The number of hydrogen-bond acceptors (Lipinski definition) is 6. The van der Waals surface area contributed by atoms with E-state index in [-0.39, 0.29) is 10.8 Å². The molecule has 1 aliphatic rings. The molecule has 1 amide bonds. The molecular weight excluding hydrogens is 360 g/mol. The van der Waals surface area contributed by atoms with Crippen molar-refractivity contribution in [2.45, 2.75) is 18.2 Å². The van der Waals surface area contributed by atoms with Crippen LogP contribution in [-0.4, -0.2) is 50.4 Å². The minimum atomic E-state index is -3.67. The number of benzene rings is 1. The van der Waals surface area contributed by atoms with Gasteiger partial charge >= 0.3 is 0 Å². The minimum absolute atomic E-state index is 0.156. The van der Waals surface area contributed by atoms with Gasteiger partial charge in [-0.15, -0.1) is 11.3 Å². The molecule has 1 saturated heterocycles. The number of carbonyl (C=O) groups excluding carboxylic acids is 1. The van der Waals surface area contributed by atoms with Crippen LogP contribution in [-0.2, 0) is 14.8 Å². The Hall–Kier alpha value is -2.13. The minimum Gasteiger partial charge on any atom is -0.368 e. The summed E-state index contributed by atoms with van der Waals surface area (Å²) < 4.78 is 27.5. The summed E-state index contributed by atoms with van der Waals surface area (Å²) in [5.74, 6) is 0.156. The Morgan fingerprint density at radius 3 is 2.68 bits per heavy atom. The second-order valence-electron chi connectivity index (χ2n) is 5.66. The van der Waals surface area contributed by atoms with Crippen molar-refractivity contribution in [3.05, 3.63) is 35.8 Å². The van der Waals surface area contributed by atoms with Gasteiger partial charge in [0.1, 0.15) is 0 Å². The molecule has 134 valence electrons. The maximum Gasteiger partial charge on any atom is 0.263 e. The Kier molecular flexibility index (Phi) is 5.24. The van der Waals surface area contributed by atoms with Gasteiger partial charge in [0, 0.05) is 49.9 Å². The summed E-state index contributed by atoms with van der Waals surface area (Å²) in [4.78, 5) is 19.9. The van der Waals surface area contributed by atoms with Gasteiger partial charge in [0.25, 0.3) is 10.0 Å². The maximum atomic E-state index is 12.5. The summed E-state index contributed by atoms with van der Waals surface area (Å²) in [6, 6.07) is 6.85. The van der Waals surface area contributed by atoms with Crippen LogP contribution < -0.4 is 9.62 Å². The fourth-order valence-electron chi connectivity index (χ4n) is 2.73. The van der Waals surface area contributed by atoms with Crippen LogP contribution in [0.15, 0.2) is 40.7 Å². The molecular formula is C16H20N4O3S2. The van der Waals surface area contributed by atoms with Gasteiger partial charge in [-0.3, -0.25) is 9.52 Å². The summed E-state index contributed by atoms with van der Waals surface area (Å²) >= 11 is 1.23. The second-order valence-corrected chi connectivity index (χ2v) is 8.24. The third kappa shape index (κ3) is 4.10. The van der Waals surface area contributed by atoms with Crippen LogP contribution in [0.1, 0.15) is 13.3 Å². The van der Waals surface area contributed by atoms with Crippen LogP contribution in [0.3, 0.4) is 0 Å². The van der Waals surface area contributed by atoms with Crippen LogP contribution in [0.4, 0.5) is 10.8 Å². The van der Waals surface area contributed by atoms with Crippen molar-refractivity contribution in [1.82, 2.24) is 9.88 Å². The topological polar surface area (TPSA) is 82.6 Å². The van der Waals surface area contributed by atoms with E-state index in [2.05, 4.69) is 14.6 Å². The number of piperazine rings is 1. The van der Waals surface area contributed by atoms with Gasteiger partial charge < -0.3 is 9.80 Å². The van der Waals surface area contributed by atoms with E-state index in [0.29, 0.717) is 37.7 Å². The third-order valence-corrected chi connectivity index (χ3v) is 6.24. The summed E-state index contributed by atoms with van der Waals surface area (Å²) in [7, 11) is -3.67. The number of nitrogens with zero attached hydrogens (tertiary/aromatic N) is 3. The molecule has 2 aromatic rings. The number of nitrogens with one attached hydrogen (secondary N) is 1. The van der Waals surface area contributed by atoms with Gasteiger partial charge in [0.05, 0.1) is 4.90 Å². The lowest BCUT2D eigenvalue weighted by molar-refractivity contribution is -0.131. The zero-order valence-corrected chi connectivity index (χ0v) is 15.5. The van der Waals surface area contributed by atoms with Gasteiger partial charge in [0.15, 0.2) is 5.13 Å². The first-order valence-electron chi connectivity index (χ1n) is 8.04. The Labute approximate surface area is 151 Å². The molecule has 0 bridgehead atoms. The highest BCUT2D eigenvalue weighted by molar-refractivity contribution is 7.93. The van der Waals surface area contributed by atoms with E-state index in [1.54, 1.807) is 29.8 Å². The molecule has 0 spiro atoms. The van der Waals surface area contributed by atoms with Crippen LogP contribution >= 0.6 is 11.3 Å². The molecule has 1 aliphatic heterocycles. The van der Waals surface area contributed by atoms with Crippen molar-refractivity contribution >= 4 is 38.1 Å². The SMILES string of the molecule is CCC(=O)N1CCN(c2cccc(S(=O)(=O)Nc3nccs3)c2)CC1. The molecule has 1 aromatic heterocycles. The smallest absolute Gasteiger partial charge is 0.263 e. The molecule has 2 heterocycles. The summed E-state index contributed by atoms with van der Waals surface area (Å²) in [5.41, 5.74) is 0.839. The van der Waals surface area contributed by atoms with E-state index in [4.69, 9.17) is 0 Å². The molecule has 9 heteroatoms. The van der Waals surface area contributed by atoms with E-state index in [1.165, 1.54) is 11.3 Å². The van der Waals surface area contributed by atoms with Gasteiger partial charge in [-0.05, 0) is 18.2 Å². The van der Waals surface area contributed by atoms with E-state index < -0.39 is 10.0 Å². The average molecular weight is 380 g/mol. The van der Waals surface area contributed by atoms with Gasteiger partial charge in [0.2, 0.25) is 5.91 Å². The molecule has 0 unspecified atom stereocenters. The van der Waals surface area contributed by atoms with Crippen molar-refractivity contribution in [3.63, 3.8) is 0 Å². The Balaban J connectivity index is 1.73. The largest absolute Gasteiger partial charge is 0.368 e. The fourth-order valence-corrected chi connectivity index (χ4v) is 4.56. The predicted octanol–water partition coefficient (Wildman–Crippen LogP) is 2.00. The van der Waals surface area contributed by atoms with Crippen molar-refractivity contribution in [2.75, 3.05) is 35.8 Å². The first-order chi connectivity index (χ1) is 12.0. The average Bonchev–Trinajstić information content (AvgIpc) is 3.13. The number of amides is 1. The molecule has 0 atom stereocenters. The van der Waals surface area contributed by atoms with Crippen molar-refractivity contribution in [2.24, 2.45) is 0 Å². The van der Waals surface area contributed by atoms with E-state index >= 15 is 0 Å². The van der Waals surface area contributed by atoms with Crippen LogP contribution in [0.5, 0.6) is 0 Å². The Bertz CT molecular complexity index is 829. The molecule has 3 rings (SSSR count). The number of sulfonamides is 1. The highest BCUT2D eigenvalue weighted by Gasteiger charge is 2.22. The summed E-state index contributed by atoms with van der Waals surface area (Å²) in [6.45, 7) is 4.55. The number of rotatable bonds is 5. The van der Waals surface area contributed by atoms with Crippen molar-refractivity contribution in [1.29, 1.82) is 0 Å². The number of anilines is 2. The lowest BCUT2D eigenvalue weighted by Gasteiger charge is -2.36. The third-order valence-electron chi connectivity index (χ3n) is 4.08. The molecule has 1 aromatic carbocycles. The molecule has 1 N–H and O–H groups in total. The number of thiazole rings is 1. The molecule has 0 aliphatic carbocycles. The highest BCUT2D eigenvalue weighted by Crippen LogP contribution is 2.23. The quantitative estimate of drug-likeness (QED) is 0.858. The standard InChI is InChI=1S/C16H20N4O3S2/c1-2-15(21)20-9-7-19(8-10-20)13-4-3-5-14(12-13)25(22,23)18-16-17-6-11-24-16/h3-6,11-12H,2,7-10H2,1H3,(H,17,18). The first kappa shape index (κ1) is 17.7. The molecule has 7 nitrogen and oxygen atoms in total. The first-order valence-corrected chi connectivity index (χ1v) is 10.4. The van der Waals surface area contributed by atoms with E-state index in [0.717, 1.165) is 5.69 Å². The number of aromatic nitrogens is 1. The molecule has 25 heavy (non-hydrogen) atoms. The van der Waals surface area contributed by atoms with Crippen LogP contribution in [0, 0.1) is 0 Å². The van der Waals surface area contributed by atoms with Crippen LogP contribution in [0.2, 0.25) is 0 Å². The monoisotopic (exact) mass is 380 g/mol. The van der Waals surface area contributed by atoms with Gasteiger partial charge in [-0.2, -0.15) is 0 Å². The summed E-state index contributed by atoms with van der Waals surface area (Å²) in [6.07, 6.45) is 2.06. The Morgan fingerprint density at radius 1 is 1.28 bits per heavy atom. The fraction of sp³-hybridized carbons (Fsp3) is 0.375. The lowest BCUT2D eigenvalue weighted by atomic mass is 10.2. The van der Waals surface area contributed by atoms with E-state index in [9.17, 15) is 13.2 Å². The van der Waals surface area contributed by atoms with E-state index in [1.807, 2.05) is 17.9 Å². The zero-order chi connectivity index (χ0) is 17.9. The highest BCUT2D eigenvalue weighted by atomic mass is 32.2. The maximum absolute atomic E-state index is 12.5. The van der Waals surface area contributed by atoms with Crippen molar-refractivity contribution in [3.8, 4) is 0 Å².